The van der Waals surface area contributed by atoms with E-state index in [2.05, 4.69) is 33.9 Å². The van der Waals surface area contributed by atoms with Crippen LogP contribution in [0.25, 0.3) is 0 Å². The van der Waals surface area contributed by atoms with Crippen molar-refractivity contribution in [3.8, 4) is 0 Å². The third-order valence-corrected chi connectivity index (χ3v) is 3.71. The minimum atomic E-state index is 0.470. The van der Waals surface area contributed by atoms with Gasteiger partial charge >= 0.3 is 0 Å². The van der Waals surface area contributed by atoms with Crippen LogP contribution in [0, 0.1) is 0 Å². The number of halogens is 1. The predicted molar refractivity (Wildman–Crippen MR) is 70.5 cm³/mol. The molecule has 1 saturated heterocycles. The second-order valence-electron chi connectivity index (χ2n) is 4.67. The van der Waals surface area contributed by atoms with Crippen LogP contribution in [0.3, 0.4) is 0 Å². The first-order chi connectivity index (χ1) is 8.20. The van der Waals surface area contributed by atoms with E-state index in [4.69, 9.17) is 11.6 Å². The summed E-state index contributed by atoms with van der Waals surface area (Å²) in [6, 6.07) is 0.549. The first kappa shape index (κ1) is 12.6. The molecule has 1 aromatic heterocycles. The van der Waals surface area contributed by atoms with Gasteiger partial charge in [-0.05, 0) is 33.0 Å². The summed E-state index contributed by atoms with van der Waals surface area (Å²) in [6.45, 7) is 2.30. The monoisotopic (exact) mass is 254 g/mol. The molecule has 17 heavy (non-hydrogen) atoms. The van der Waals surface area contributed by atoms with E-state index in [-0.39, 0.29) is 0 Å². The fourth-order valence-electron chi connectivity index (χ4n) is 2.14. The summed E-state index contributed by atoms with van der Waals surface area (Å²) in [7, 11) is 4.24. The molecule has 0 atom stereocenters. The van der Waals surface area contributed by atoms with Crippen molar-refractivity contribution in [2.45, 2.75) is 24.8 Å². The minimum Gasteiger partial charge on any atom is -0.341 e. The SMILES string of the molecule is CN1CCC(N(C)c2ncc(CCl)cn2)CC1. The van der Waals surface area contributed by atoms with Crippen LogP contribution in [0.5, 0.6) is 0 Å². The summed E-state index contributed by atoms with van der Waals surface area (Å²) in [5, 5.41) is 0. The molecule has 0 amide bonds. The molecule has 0 saturated carbocycles. The van der Waals surface area contributed by atoms with Crippen LogP contribution in [-0.4, -0.2) is 48.1 Å². The average Bonchev–Trinajstić information content (AvgIpc) is 2.39. The zero-order valence-corrected chi connectivity index (χ0v) is 11.2. The second-order valence-corrected chi connectivity index (χ2v) is 4.94. The van der Waals surface area contributed by atoms with Crippen molar-refractivity contribution >= 4 is 17.5 Å². The van der Waals surface area contributed by atoms with Crippen LogP contribution in [0.1, 0.15) is 18.4 Å². The van der Waals surface area contributed by atoms with E-state index in [0.29, 0.717) is 11.9 Å². The lowest BCUT2D eigenvalue weighted by Crippen LogP contribution is -2.42. The first-order valence-corrected chi connectivity index (χ1v) is 6.52. The van der Waals surface area contributed by atoms with Gasteiger partial charge in [-0.1, -0.05) is 0 Å². The number of piperidine rings is 1. The molecule has 0 aliphatic carbocycles. The van der Waals surface area contributed by atoms with Gasteiger partial charge in [0.05, 0.1) is 5.88 Å². The van der Waals surface area contributed by atoms with E-state index in [9.17, 15) is 0 Å². The predicted octanol–water partition coefficient (Wildman–Crippen LogP) is 1.75. The Labute approximate surface area is 108 Å². The van der Waals surface area contributed by atoms with Crippen molar-refractivity contribution < 1.29 is 0 Å². The quantitative estimate of drug-likeness (QED) is 0.770. The normalized spacial score (nSPS) is 18.3. The Hall–Kier alpha value is -0.870. The van der Waals surface area contributed by atoms with E-state index >= 15 is 0 Å². The van der Waals surface area contributed by atoms with Crippen LogP contribution in [0.2, 0.25) is 0 Å². The minimum absolute atomic E-state index is 0.470. The highest BCUT2D eigenvalue weighted by Gasteiger charge is 2.21. The highest BCUT2D eigenvalue weighted by Crippen LogP contribution is 2.18. The zero-order chi connectivity index (χ0) is 12.3. The number of rotatable bonds is 3. The van der Waals surface area contributed by atoms with Crippen molar-refractivity contribution in [3.63, 3.8) is 0 Å². The molecule has 0 spiro atoms. The van der Waals surface area contributed by atoms with Gasteiger partial charge in [-0.2, -0.15) is 0 Å². The highest BCUT2D eigenvalue weighted by molar-refractivity contribution is 6.17. The molecule has 2 heterocycles. The first-order valence-electron chi connectivity index (χ1n) is 5.99. The number of nitrogens with zero attached hydrogens (tertiary/aromatic N) is 4. The smallest absolute Gasteiger partial charge is 0.225 e. The maximum absolute atomic E-state index is 5.72. The lowest BCUT2D eigenvalue weighted by molar-refractivity contribution is 0.252. The lowest BCUT2D eigenvalue weighted by atomic mass is 10.0. The topological polar surface area (TPSA) is 32.3 Å². The molecule has 2 rings (SSSR count). The van der Waals surface area contributed by atoms with E-state index in [1.807, 2.05) is 0 Å². The fourth-order valence-corrected chi connectivity index (χ4v) is 2.28. The van der Waals surface area contributed by atoms with Gasteiger partial charge in [0.25, 0.3) is 0 Å². The number of hydrogen-bond donors (Lipinski definition) is 0. The van der Waals surface area contributed by atoms with Crippen molar-refractivity contribution in [2.24, 2.45) is 0 Å². The Balaban J connectivity index is 2.00. The molecule has 0 aromatic carbocycles. The summed E-state index contributed by atoms with van der Waals surface area (Å²) < 4.78 is 0. The Morgan fingerprint density at radius 1 is 1.35 bits per heavy atom. The maximum atomic E-state index is 5.72. The van der Waals surface area contributed by atoms with Crippen LogP contribution in [-0.2, 0) is 5.88 Å². The Kier molecular flexibility index (Phi) is 4.18. The van der Waals surface area contributed by atoms with Crippen LogP contribution >= 0.6 is 11.6 Å². The van der Waals surface area contributed by atoms with Crippen LogP contribution < -0.4 is 4.90 Å². The fraction of sp³-hybridized carbons (Fsp3) is 0.667. The number of likely N-dealkylation sites (tertiary alicyclic amines) is 1. The number of anilines is 1. The summed E-state index contributed by atoms with van der Waals surface area (Å²) in [5.41, 5.74) is 0.965. The number of alkyl halides is 1. The van der Waals surface area contributed by atoms with Gasteiger partial charge in [0, 0.05) is 31.0 Å². The second kappa shape index (κ2) is 5.65. The molecule has 94 valence electrons. The van der Waals surface area contributed by atoms with Gasteiger partial charge < -0.3 is 9.80 Å². The Morgan fingerprint density at radius 3 is 2.47 bits per heavy atom. The molecule has 0 unspecified atom stereocenters. The lowest BCUT2D eigenvalue weighted by Gasteiger charge is -2.35. The maximum Gasteiger partial charge on any atom is 0.225 e. The van der Waals surface area contributed by atoms with Gasteiger partial charge in [0.2, 0.25) is 5.95 Å². The van der Waals surface area contributed by atoms with Gasteiger partial charge in [0.15, 0.2) is 0 Å². The molecule has 5 heteroatoms. The van der Waals surface area contributed by atoms with E-state index in [1.165, 1.54) is 12.8 Å². The Morgan fingerprint density at radius 2 is 1.94 bits per heavy atom. The van der Waals surface area contributed by atoms with E-state index in [0.717, 1.165) is 24.6 Å². The third kappa shape index (κ3) is 3.07. The zero-order valence-electron chi connectivity index (χ0n) is 10.4. The molecule has 1 fully saturated rings. The third-order valence-electron chi connectivity index (χ3n) is 3.40. The van der Waals surface area contributed by atoms with Crippen molar-refractivity contribution in [1.82, 2.24) is 14.9 Å². The molecule has 1 aliphatic rings. The Bertz CT molecular complexity index is 346. The van der Waals surface area contributed by atoms with Crippen molar-refractivity contribution in [2.75, 3.05) is 32.1 Å². The van der Waals surface area contributed by atoms with Gasteiger partial charge in [-0.25, -0.2) is 9.97 Å². The van der Waals surface area contributed by atoms with E-state index in [1.54, 1.807) is 12.4 Å². The highest BCUT2D eigenvalue weighted by atomic mass is 35.5. The standard InChI is InChI=1S/C12H19ClN4/c1-16-5-3-11(4-6-16)17(2)12-14-8-10(7-13)9-15-12/h8-9,11H,3-7H2,1-2H3. The summed E-state index contributed by atoms with van der Waals surface area (Å²) in [5.74, 6) is 1.27. The molecule has 1 aromatic rings. The van der Waals surface area contributed by atoms with Gasteiger partial charge in [-0.3, -0.25) is 0 Å². The van der Waals surface area contributed by atoms with Crippen LogP contribution in [0.4, 0.5) is 5.95 Å². The molecular formula is C12H19ClN4. The molecule has 0 N–H and O–H groups in total. The van der Waals surface area contributed by atoms with Gasteiger partial charge in [-0.15, -0.1) is 11.6 Å². The summed E-state index contributed by atoms with van der Waals surface area (Å²) in [6.07, 6.45) is 5.96. The molecule has 1 aliphatic heterocycles. The summed E-state index contributed by atoms with van der Waals surface area (Å²) >= 11 is 5.72. The molecule has 0 bridgehead atoms. The number of aromatic nitrogens is 2. The largest absolute Gasteiger partial charge is 0.341 e. The van der Waals surface area contributed by atoms with E-state index < -0.39 is 0 Å². The van der Waals surface area contributed by atoms with Crippen molar-refractivity contribution in [1.29, 1.82) is 0 Å². The number of hydrogen-bond acceptors (Lipinski definition) is 4. The molecule has 4 nitrogen and oxygen atoms in total. The van der Waals surface area contributed by atoms with Gasteiger partial charge in [0.1, 0.15) is 0 Å². The van der Waals surface area contributed by atoms with Crippen LogP contribution in [0.15, 0.2) is 12.4 Å². The molecular weight excluding hydrogens is 236 g/mol. The molecule has 0 radical (unpaired) electrons. The van der Waals surface area contributed by atoms with Crippen molar-refractivity contribution in [3.05, 3.63) is 18.0 Å². The summed E-state index contributed by atoms with van der Waals surface area (Å²) in [4.78, 5) is 13.3. The average molecular weight is 255 g/mol.